The van der Waals surface area contributed by atoms with Gasteiger partial charge in [0, 0.05) is 16.3 Å². The number of nitrogens with zero attached hydrogens (tertiary/aromatic N) is 1. The Labute approximate surface area is 225 Å². The lowest BCUT2D eigenvalue weighted by Crippen LogP contribution is -2.17. The van der Waals surface area contributed by atoms with Gasteiger partial charge in [0.1, 0.15) is 0 Å². The summed E-state index contributed by atoms with van der Waals surface area (Å²) in [5.41, 5.74) is 7.81. The van der Waals surface area contributed by atoms with E-state index in [0.717, 1.165) is 22.5 Å². The van der Waals surface area contributed by atoms with E-state index in [9.17, 15) is 0 Å². The topological polar surface area (TPSA) is 24.9 Å². The lowest BCUT2D eigenvalue weighted by molar-refractivity contribution is 0.814. The summed E-state index contributed by atoms with van der Waals surface area (Å²) in [6.07, 6.45) is 0. The van der Waals surface area contributed by atoms with E-state index in [1.807, 2.05) is 12.1 Å². The summed E-state index contributed by atoms with van der Waals surface area (Å²) in [5.74, 6) is 0.771. The second-order valence-corrected chi connectivity index (χ2v) is 10.7. The molecule has 0 aliphatic rings. The third kappa shape index (κ3) is 5.26. The van der Waals surface area contributed by atoms with Crippen LogP contribution in [-0.4, -0.2) is 4.98 Å². The van der Waals surface area contributed by atoms with E-state index in [1.54, 1.807) is 0 Å². The first-order chi connectivity index (χ1) is 17.9. The molecule has 0 amide bonds. The highest BCUT2D eigenvalue weighted by Gasteiger charge is 2.22. The Balaban J connectivity index is 1.69. The van der Waals surface area contributed by atoms with Gasteiger partial charge in [-0.3, -0.25) is 4.98 Å². The predicted octanol–water partition coefficient (Wildman–Crippen LogP) is 10.0. The molecule has 0 aliphatic heterocycles. The van der Waals surface area contributed by atoms with E-state index < -0.39 is 0 Å². The van der Waals surface area contributed by atoms with Crippen LogP contribution in [0.1, 0.15) is 68.0 Å². The maximum absolute atomic E-state index is 6.78. The molecule has 0 aliphatic carbocycles. The Morgan fingerprint density at radius 1 is 0.676 bits per heavy atom. The number of anilines is 1. The number of halogens is 1. The Bertz CT molecular complexity index is 1490. The van der Waals surface area contributed by atoms with Gasteiger partial charge in [-0.2, -0.15) is 0 Å². The fraction of sp³-hybridized carbons (Fsp3) is 0.206. The molecule has 0 saturated carbocycles. The van der Waals surface area contributed by atoms with Crippen LogP contribution < -0.4 is 5.32 Å². The van der Waals surface area contributed by atoms with Crippen molar-refractivity contribution < 1.29 is 0 Å². The fourth-order valence-electron chi connectivity index (χ4n) is 5.09. The second kappa shape index (κ2) is 10.8. The minimum Gasteiger partial charge on any atom is -0.372 e. The van der Waals surface area contributed by atoms with Gasteiger partial charge in [-0.15, -0.1) is 0 Å². The van der Waals surface area contributed by atoms with Crippen molar-refractivity contribution in [1.29, 1.82) is 0 Å². The molecule has 5 rings (SSSR count). The van der Waals surface area contributed by atoms with Crippen LogP contribution in [0.4, 0.5) is 5.69 Å². The van der Waals surface area contributed by atoms with Crippen molar-refractivity contribution in [2.75, 3.05) is 5.32 Å². The first kappa shape index (κ1) is 25.0. The standard InChI is InChI=1S/C34H33ClN2/c1-22(2)27-17-11-18-28(23(3)4)34(27)37-33(25-13-6-5-7-14-25)32-21-26(35)20-31(36-32)30-19-10-15-24-12-8-9-16-29(24)30/h5-23,33,37H,1-4H3. The molecule has 37 heavy (non-hydrogen) atoms. The highest BCUT2D eigenvalue weighted by molar-refractivity contribution is 6.31. The highest BCUT2D eigenvalue weighted by atomic mass is 35.5. The van der Waals surface area contributed by atoms with Crippen molar-refractivity contribution in [2.45, 2.75) is 45.6 Å². The van der Waals surface area contributed by atoms with E-state index in [2.05, 4.69) is 124 Å². The van der Waals surface area contributed by atoms with Crippen LogP contribution in [-0.2, 0) is 0 Å². The molecule has 0 saturated heterocycles. The molecule has 1 unspecified atom stereocenters. The molecule has 0 radical (unpaired) electrons. The van der Waals surface area contributed by atoms with Gasteiger partial charge in [-0.05, 0) is 51.4 Å². The van der Waals surface area contributed by atoms with E-state index in [0.29, 0.717) is 16.9 Å². The zero-order valence-electron chi connectivity index (χ0n) is 21.9. The predicted molar refractivity (Wildman–Crippen MR) is 159 cm³/mol. The minimum atomic E-state index is -0.161. The number of pyridine rings is 1. The van der Waals surface area contributed by atoms with E-state index in [4.69, 9.17) is 16.6 Å². The summed E-state index contributed by atoms with van der Waals surface area (Å²) in [6, 6.07) is 35.7. The van der Waals surface area contributed by atoms with Crippen LogP contribution in [0.25, 0.3) is 22.0 Å². The SMILES string of the molecule is CC(C)c1cccc(C(C)C)c1NC(c1ccccc1)c1cc(Cl)cc(-c2cccc3ccccc23)n1. The molecule has 1 aromatic heterocycles. The molecule has 1 atom stereocenters. The highest BCUT2D eigenvalue weighted by Crippen LogP contribution is 2.38. The first-order valence-corrected chi connectivity index (χ1v) is 13.4. The van der Waals surface area contributed by atoms with Crippen LogP contribution in [0.3, 0.4) is 0 Å². The summed E-state index contributed by atoms with van der Waals surface area (Å²) < 4.78 is 0. The Kier molecular flexibility index (Phi) is 7.30. The van der Waals surface area contributed by atoms with E-state index in [1.165, 1.54) is 27.6 Å². The van der Waals surface area contributed by atoms with Crippen LogP contribution in [0.2, 0.25) is 5.02 Å². The summed E-state index contributed by atoms with van der Waals surface area (Å²) in [5, 5.41) is 6.97. The monoisotopic (exact) mass is 504 g/mol. The number of fused-ring (bicyclic) bond motifs is 1. The first-order valence-electron chi connectivity index (χ1n) is 13.0. The molecule has 3 heteroatoms. The number of aromatic nitrogens is 1. The third-order valence-corrected chi connectivity index (χ3v) is 7.18. The van der Waals surface area contributed by atoms with Crippen LogP contribution in [0, 0.1) is 0 Å². The molecule has 4 aromatic carbocycles. The molecule has 2 nitrogen and oxygen atoms in total. The molecule has 186 valence electrons. The smallest absolute Gasteiger partial charge is 0.0941 e. The molecule has 0 fully saturated rings. The number of hydrogen-bond acceptors (Lipinski definition) is 2. The number of rotatable bonds is 7. The van der Waals surface area contributed by atoms with Crippen molar-refractivity contribution >= 4 is 28.1 Å². The van der Waals surface area contributed by atoms with Crippen molar-refractivity contribution in [3.63, 3.8) is 0 Å². The van der Waals surface area contributed by atoms with Gasteiger partial charge < -0.3 is 5.32 Å². The van der Waals surface area contributed by atoms with Crippen molar-refractivity contribution in [3.8, 4) is 11.3 Å². The molecular weight excluding hydrogens is 472 g/mol. The minimum absolute atomic E-state index is 0.161. The zero-order chi connectivity index (χ0) is 25.9. The Hall–Kier alpha value is -3.62. The van der Waals surface area contributed by atoms with Gasteiger partial charge in [0.25, 0.3) is 0 Å². The summed E-state index contributed by atoms with van der Waals surface area (Å²) in [7, 11) is 0. The Morgan fingerprint density at radius 3 is 2.00 bits per heavy atom. The number of nitrogens with one attached hydrogen (secondary N) is 1. The maximum Gasteiger partial charge on any atom is 0.0941 e. The third-order valence-electron chi connectivity index (χ3n) is 6.97. The van der Waals surface area contributed by atoms with Gasteiger partial charge in [-0.1, -0.05) is 130 Å². The average molecular weight is 505 g/mol. The van der Waals surface area contributed by atoms with Gasteiger partial charge in [-0.25, -0.2) is 0 Å². The van der Waals surface area contributed by atoms with Gasteiger partial charge in [0.05, 0.1) is 17.4 Å². The van der Waals surface area contributed by atoms with Crippen molar-refractivity contribution in [1.82, 2.24) is 4.98 Å². The van der Waals surface area contributed by atoms with Crippen LogP contribution in [0.15, 0.2) is 103 Å². The zero-order valence-corrected chi connectivity index (χ0v) is 22.6. The maximum atomic E-state index is 6.78. The summed E-state index contributed by atoms with van der Waals surface area (Å²) in [4.78, 5) is 5.23. The number of benzene rings is 4. The van der Waals surface area contributed by atoms with Crippen LogP contribution in [0.5, 0.6) is 0 Å². The van der Waals surface area contributed by atoms with Gasteiger partial charge >= 0.3 is 0 Å². The molecule has 5 aromatic rings. The van der Waals surface area contributed by atoms with Gasteiger partial charge in [0.15, 0.2) is 0 Å². The molecule has 0 spiro atoms. The van der Waals surface area contributed by atoms with E-state index >= 15 is 0 Å². The van der Waals surface area contributed by atoms with Crippen molar-refractivity contribution in [2.24, 2.45) is 0 Å². The van der Waals surface area contributed by atoms with E-state index in [-0.39, 0.29) is 6.04 Å². The largest absolute Gasteiger partial charge is 0.372 e. The summed E-state index contributed by atoms with van der Waals surface area (Å²) >= 11 is 6.78. The normalized spacial score (nSPS) is 12.3. The molecule has 1 N–H and O–H groups in total. The fourth-order valence-corrected chi connectivity index (χ4v) is 5.30. The molecule has 0 bridgehead atoms. The van der Waals surface area contributed by atoms with Crippen molar-refractivity contribution in [3.05, 3.63) is 131 Å². The van der Waals surface area contributed by atoms with Crippen LogP contribution >= 0.6 is 11.6 Å². The number of hydrogen-bond donors (Lipinski definition) is 1. The number of para-hydroxylation sites is 1. The lowest BCUT2D eigenvalue weighted by Gasteiger charge is -2.27. The molecule has 1 heterocycles. The molecular formula is C34H33ClN2. The van der Waals surface area contributed by atoms with Gasteiger partial charge in [0.2, 0.25) is 0 Å². The quantitative estimate of drug-likeness (QED) is 0.238. The Morgan fingerprint density at radius 2 is 1.30 bits per heavy atom. The summed E-state index contributed by atoms with van der Waals surface area (Å²) in [6.45, 7) is 8.99. The average Bonchev–Trinajstić information content (AvgIpc) is 2.91. The second-order valence-electron chi connectivity index (χ2n) is 10.2. The lowest BCUT2D eigenvalue weighted by atomic mass is 9.91.